The molecule has 1 spiro atoms. The first-order valence-electron chi connectivity index (χ1n) is 8.33. The molecule has 2 atom stereocenters. The molecule has 0 aliphatic carbocycles. The minimum absolute atomic E-state index is 0.0856. The van der Waals surface area contributed by atoms with Crippen LogP contribution in [0.5, 0.6) is 5.88 Å². The zero-order valence-corrected chi connectivity index (χ0v) is 14.9. The Kier molecular flexibility index (Phi) is 4.25. The Morgan fingerprint density at radius 2 is 2.19 bits per heavy atom. The van der Waals surface area contributed by atoms with Crippen molar-refractivity contribution in [3.8, 4) is 11.9 Å². The van der Waals surface area contributed by atoms with Gasteiger partial charge in [-0.05, 0) is 30.2 Å². The van der Waals surface area contributed by atoms with Crippen LogP contribution in [0.1, 0.15) is 17.5 Å². The van der Waals surface area contributed by atoms with E-state index in [1.165, 1.54) is 12.3 Å². The highest BCUT2D eigenvalue weighted by Crippen LogP contribution is 2.34. The van der Waals surface area contributed by atoms with E-state index in [9.17, 15) is 8.76 Å². The molecule has 0 bridgehead atoms. The number of hydrogen-bond donors (Lipinski definition) is 1. The summed E-state index contributed by atoms with van der Waals surface area (Å²) >= 11 is 0. The number of nitriles is 1. The molecular weight excluding hydrogens is 352 g/mol. The van der Waals surface area contributed by atoms with Crippen LogP contribution in [0.15, 0.2) is 47.5 Å². The summed E-state index contributed by atoms with van der Waals surface area (Å²) in [5.74, 6) is 0.155. The van der Waals surface area contributed by atoms with Crippen molar-refractivity contribution < 1.29 is 13.5 Å². The third-order valence-electron chi connectivity index (χ3n) is 4.78. The van der Waals surface area contributed by atoms with Gasteiger partial charge in [-0.1, -0.05) is 16.3 Å². The van der Waals surface area contributed by atoms with Gasteiger partial charge in [0.25, 0.3) is 5.88 Å². The molecule has 0 radical (unpaired) electrons. The third-order valence-corrected chi connectivity index (χ3v) is 6.38. The number of rotatable bonds is 2. The molecule has 0 saturated carbocycles. The Hall–Kier alpha value is -2.31. The molecule has 134 valence electrons. The van der Waals surface area contributed by atoms with E-state index in [-0.39, 0.29) is 17.4 Å². The number of aromatic nitrogens is 1. The van der Waals surface area contributed by atoms with Crippen molar-refractivity contribution in [2.75, 3.05) is 19.7 Å². The van der Waals surface area contributed by atoms with Crippen LogP contribution in [-0.2, 0) is 21.2 Å². The minimum atomic E-state index is -3.68. The second-order valence-corrected chi connectivity index (χ2v) is 8.40. The van der Waals surface area contributed by atoms with Crippen LogP contribution in [0.25, 0.3) is 0 Å². The first kappa shape index (κ1) is 17.1. The average molecular weight is 370 g/mol. The molecular formula is C18H18N4O3S. The topological polar surface area (TPSA) is 101 Å². The van der Waals surface area contributed by atoms with Gasteiger partial charge in [0.2, 0.25) is 4.90 Å². The van der Waals surface area contributed by atoms with Crippen molar-refractivity contribution in [3.63, 3.8) is 0 Å². The minimum Gasteiger partial charge on any atom is -0.593 e. The molecule has 1 aromatic carbocycles. The zero-order chi connectivity index (χ0) is 18.2. The van der Waals surface area contributed by atoms with E-state index in [1.807, 2.05) is 12.1 Å². The van der Waals surface area contributed by atoms with E-state index in [1.54, 1.807) is 18.2 Å². The highest BCUT2D eigenvalue weighted by molar-refractivity contribution is 7.96. The molecule has 1 aromatic heterocycles. The standard InChI is InChI=1S/C18H18N4O3S/c19-10-14-3-5-15(6-4-14)11-22-9-7-18(12-22)13-25-17-16(2-1-8-20-17)26(23,24)21-18/h1-6,8H,7,9,11-13H2,(H-,21,23,24). The van der Waals surface area contributed by atoms with E-state index < -0.39 is 15.9 Å². The van der Waals surface area contributed by atoms with Crippen molar-refractivity contribution in [1.82, 2.24) is 14.6 Å². The number of sulfonamides is 1. The fourth-order valence-electron chi connectivity index (χ4n) is 3.50. The highest BCUT2D eigenvalue weighted by Gasteiger charge is 2.48. The SMILES string of the molecule is N#Cc1ccc(CN2CCC3(COc4ncccc4[S+](=O)([O-])N3)C2)cc1. The molecule has 0 amide bonds. The molecule has 2 aliphatic heterocycles. The van der Waals surface area contributed by atoms with Crippen LogP contribution in [0.2, 0.25) is 0 Å². The fraction of sp³-hybridized carbons (Fsp3) is 0.333. The fourth-order valence-corrected chi connectivity index (χ4v) is 5.01. The molecule has 1 fully saturated rings. The number of pyridine rings is 1. The zero-order valence-electron chi connectivity index (χ0n) is 14.1. The maximum atomic E-state index is 12.7. The Labute approximate surface area is 153 Å². The summed E-state index contributed by atoms with van der Waals surface area (Å²) in [6, 6.07) is 12.6. The van der Waals surface area contributed by atoms with Gasteiger partial charge in [-0.15, -0.1) is 4.72 Å². The van der Waals surface area contributed by atoms with Crippen LogP contribution >= 0.6 is 0 Å². The van der Waals surface area contributed by atoms with Gasteiger partial charge in [0.15, 0.2) is 10.4 Å². The maximum Gasteiger partial charge on any atom is 0.272 e. The van der Waals surface area contributed by atoms with Gasteiger partial charge in [0.1, 0.15) is 12.1 Å². The van der Waals surface area contributed by atoms with Gasteiger partial charge in [0.05, 0.1) is 11.6 Å². The predicted octanol–water partition coefficient (Wildman–Crippen LogP) is 1.48. The van der Waals surface area contributed by atoms with E-state index >= 15 is 0 Å². The molecule has 7 nitrogen and oxygen atoms in total. The molecule has 2 aromatic rings. The Morgan fingerprint density at radius 3 is 2.96 bits per heavy atom. The Bertz CT molecular complexity index is 911. The van der Waals surface area contributed by atoms with E-state index in [4.69, 9.17) is 10.00 Å². The molecule has 26 heavy (non-hydrogen) atoms. The first-order chi connectivity index (χ1) is 12.5. The van der Waals surface area contributed by atoms with Crippen molar-refractivity contribution in [2.45, 2.75) is 23.4 Å². The van der Waals surface area contributed by atoms with Gasteiger partial charge in [-0.2, -0.15) is 5.26 Å². The quantitative estimate of drug-likeness (QED) is 0.804. The summed E-state index contributed by atoms with van der Waals surface area (Å²) in [6.45, 7) is 2.26. The lowest BCUT2D eigenvalue weighted by molar-refractivity contribution is 0.192. The monoisotopic (exact) mass is 370 g/mol. The van der Waals surface area contributed by atoms with Crippen molar-refractivity contribution in [1.29, 1.82) is 5.26 Å². The lowest BCUT2D eigenvalue weighted by Gasteiger charge is -2.28. The van der Waals surface area contributed by atoms with Crippen LogP contribution in [0.4, 0.5) is 0 Å². The summed E-state index contributed by atoms with van der Waals surface area (Å²) in [5.41, 5.74) is 1.05. The van der Waals surface area contributed by atoms with Gasteiger partial charge in [-0.25, -0.2) is 4.98 Å². The summed E-state index contributed by atoms with van der Waals surface area (Å²) in [7, 11) is -3.68. The first-order valence-corrected chi connectivity index (χ1v) is 9.81. The van der Waals surface area contributed by atoms with Gasteiger partial charge in [-0.3, -0.25) is 4.90 Å². The van der Waals surface area contributed by atoms with Crippen LogP contribution in [0, 0.1) is 11.3 Å². The molecule has 4 rings (SSSR count). The largest absolute Gasteiger partial charge is 0.593 e. The molecule has 8 heteroatoms. The second-order valence-electron chi connectivity index (χ2n) is 6.75. The summed E-state index contributed by atoms with van der Waals surface area (Å²) in [6.07, 6.45) is 2.19. The lowest BCUT2D eigenvalue weighted by atomic mass is 10.0. The van der Waals surface area contributed by atoms with E-state index in [0.29, 0.717) is 25.1 Å². The van der Waals surface area contributed by atoms with Crippen molar-refractivity contribution in [3.05, 3.63) is 53.7 Å². The summed E-state index contributed by atoms with van der Waals surface area (Å²) in [4.78, 5) is 6.33. The number of hydrogen-bond acceptors (Lipinski definition) is 6. The second kappa shape index (κ2) is 6.45. The Morgan fingerprint density at radius 1 is 1.38 bits per heavy atom. The smallest absolute Gasteiger partial charge is 0.272 e. The normalized spacial score (nSPS) is 28.2. The third kappa shape index (κ3) is 3.22. The number of likely N-dealkylation sites (tertiary alicyclic amines) is 1. The molecule has 2 unspecified atom stereocenters. The molecule has 2 aliphatic rings. The van der Waals surface area contributed by atoms with Gasteiger partial charge in [0, 0.05) is 31.9 Å². The Balaban J connectivity index is 1.50. The molecule has 1 N–H and O–H groups in total. The van der Waals surface area contributed by atoms with Crippen LogP contribution in [-0.4, -0.2) is 39.7 Å². The summed E-state index contributed by atoms with van der Waals surface area (Å²) in [5, 5.41) is 8.88. The number of ether oxygens (including phenoxy) is 1. The van der Waals surface area contributed by atoms with Crippen LogP contribution in [0.3, 0.4) is 0 Å². The number of nitrogens with one attached hydrogen (secondary N) is 1. The van der Waals surface area contributed by atoms with E-state index in [0.717, 1.165) is 12.1 Å². The van der Waals surface area contributed by atoms with Crippen molar-refractivity contribution >= 4 is 10.4 Å². The predicted molar refractivity (Wildman–Crippen MR) is 93.7 cm³/mol. The molecule has 3 heterocycles. The van der Waals surface area contributed by atoms with E-state index in [2.05, 4.69) is 20.7 Å². The number of nitrogens with zero attached hydrogens (tertiary/aromatic N) is 3. The molecule has 1 saturated heterocycles. The van der Waals surface area contributed by atoms with Crippen molar-refractivity contribution in [2.24, 2.45) is 0 Å². The lowest BCUT2D eigenvalue weighted by Crippen LogP contribution is -2.54. The van der Waals surface area contributed by atoms with Gasteiger partial charge < -0.3 is 9.29 Å². The van der Waals surface area contributed by atoms with Gasteiger partial charge >= 0.3 is 0 Å². The average Bonchev–Trinajstić information content (AvgIpc) is 2.98. The summed E-state index contributed by atoms with van der Waals surface area (Å²) < 4.78 is 34.0. The number of benzene rings is 1. The highest BCUT2D eigenvalue weighted by atomic mass is 32.3. The number of fused-ring (bicyclic) bond motifs is 1. The van der Waals surface area contributed by atoms with Crippen LogP contribution < -0.4 is 9.46 Å². The maximum absolute atomic E-state index is 12.7.